The van der Waals surface area contributed by atoms with Gasteiger partial charge in [-0.05, 0) is 108 Å². The number of hydrogen-bond donors (Lipinski definition) is 2. The normalized spacial score (nSPS) is 14.3. The van der Waals surface area contributed by atoms with Crippen molar-refractivity contribution in [3.63, 3.8) is 0 Å². The van der Waals surface area contributed by atoms with E-state index in [1.165, 1.54) is 39.8 Å². The van der Waals surface area contributed by atoms with Crippen LogP contribution in [0.5, 0.6) is 11.5 Å². The molecule has 0 saturated heterocycles. The molecule has 0 unspecified atom stereocenters. The van der Waals surface area contributed by atoms with Crippen LogP contribution in [0.3, 0.4) is 0 Å². The van der Waals surface area contributed by atoms with E-state index >= 15 is 0 Å². The van der Waals surface area contributed by atoms with Gasteiger partial charge < -0.3 is 25.3 Å². The van der Waals surface area contributed by atoms with Gasteiger partial charge in [-0.25, -0.2) is 23.8 Å². The first kappa shape index (κ1) is 48.1. The van der Waals surface area contributed by atoms with Crippen LogP contribution in [-0.4, -0.2) is 65.2 Å². The maximum absolute atomic E-state index is 14.0. The first-order valence-corrected chi connectivity index (χ1v) is 20.3. The number of nitrogens with one attached hydrogen (secondary N) is 1. The van der Waals surface area contributed by atoms with Gasteiger partial charge in [-0.2, -0.15) is 36.5 Å². The summed E-state index contributed by atoms with van der Waals surface area (Å²) in [6.07, 6.45) is -2.64. The minimum Gasteiger partial charge on any atom is -0.491 e. The first-order chi connectivity index (χ1) is 29.2. The molecule has 0 aliphatic heterocycles. The minimum absolute atomic E-state index is 0.00767. The molecule has 1 amide bonds. The summed E-state index contributed by atoms with van der Waals surface area (Å²) in [5.74, 6) is -0.104. The van der Waals surface area contributed by atoms with Crippen LogP contribution in [0, 0.1) is 11.8 Å². The van der Waals surface area contributed by atoms with Gasteiger partial charge in [0, 0.05) is 41.2 Å². The third kappa shape index (κ3) is 13.1. The molecule has 2 aromatic carbocycles. The van der Waals surface area contributed by atoms with Gasteiger partial charge in [0.05, 0.1) is 40.4 Å². The van der Waals surface area contributed by atoms with Crippen LogP contribution in [0.15, 0.2) is 85.5 Å². The molecule has 18 heteroatoms. The average molecular weight is 885 g/mol. The number of carbonyl (C=O) groups excluding carboxylic acids is 1. The first-order valence-electron chi connectivity index (χ1n) is 20.3. The standard InChI is InChI=1S/C25H31F3N4O3.C20H23F3N4O/c1-16(2)14-24(6,31-22(33)35-23(3,4)5)15-34-20-8-7-17(13-18(20)25(26,27)28)19-9-11-29-21-10-12-30-32(19)21;1-13(2)11-19(3,24)12-28-17-5-4-14(10-15(17)20(21,22)23)16-6-8-25-18-7-9-26-27(16)18/h7-13,16H,14-15H2,1-6H3,(H,31,33);4-10,13H,11-12,24H2,1-3H3/t24-;19-/m00/s1. The average Bonchev–Trinajstić information content (AvgIpc) is 3.84. The Balaban J connectivity index is 0.000000243. The number of benzene rings is 2. The van der Waals surface area contributed by atoms with Gasteiger partial charge in [-0.3, -0.25) is 0 Å². The van der Waals surface area contributed by atoms with Crippen molar-refractivity contribution < 1.29 is 45.3 Å². The van der Waals surface area contributed by atoms with Gasteiger partial charge in [0.1, 0.15) is 30.3 Å². The number of halogens is 6. The van der Waals surface area contributed by atoms with Crippen molar-refractivity contribution in [3.05, 3.63) is 96.6 Å². The second-order valence-corrected chi connectivity index (χ2v) is 17.9. The highest BCUT2D eigenvalue weighted by Gasteiger charge is 2.38. The maximum Gasteiger partial charge on any atom is 0.419 e. The number of ether oxygens (including phenoxy) is 3. The maximum atomic E-state index is 14.0. The number of aromatic nitrogens is 6. The lowest BCUT2D eigenvalue weighted by Gasteiger charge is -2.33. The second kappa shape index (κ2) is 18.8. The summed E-state index contributed by atoms with van der Waals surface area (Å²) in [5, 5.41) is 11.1. The number of alkyl halides is 6. The quantitative estimate of drug-likeness (QED) is 0.108. The number of nitrogens with two attached hydrogens (primary N) is 1. The predicted octanol–water partition coefficient (Wildman–Crippen LogP) is 10.7. The van der Waals surface area contributed by atoms with E-state index in [0.717, 1.165) is 12.1 Å². The summed E-state index contributed by atoms with van der Waals surface area (Å²) in [6.45, 7) is 16.4. The number of amides is 1. The Bertz CT molecular complexity index is 2490. The fraction of sp³-hybridized carbons (Fsp3) is 0.444. The van der Waals surface area contributed by atoms with Crippen LogP contribution < -0.4 is 20.5 Å². The summed E-state index contributed by atoms with van der Waals surface area (Å²) in [4.78, 5) is 20.7. The fourth-order valence-electron chi connectivity index (χ4n) is 7.25. The van der Waals surface area contributed by atoms with Crippen molar-refractivity contribution in [1.29, 1.82) is 0 Å². The van der Waals surface area contributed by atoms with E-state index < -0.39 is 46.3 Å². The SMILES string of the molecule is CC(C)C[C@@](C)(COc1ccc(-c2ccnc3ccnn23)cc1C(F)(F)F)NC(=O)OC(C)(C)C.CC(C)C[C@](C)(N)COc1ccc(-c2ccnc3ccnn23)cc1C(F)(F)F. The number of alkyl carbamates (subject to hydrolysis) is 1. The lowest BCUT2D eigenvalue weighted by molar-refractivity contribution is -0.139. The molecule has 340 valence electrons. The third-order valence-corrected chi connectivity index (χ3v) is 9.38. The molecule has 6 aromatic rings. The fourth-order valence-corrected chi connectivity index (χ4v) is 7.25. The van der Waals surface area contributed by atoms with Gasteiger partial charge in [-0.1, -0.05) is 27.7 Å². The topological polar surface area (TPSA) is 143 Å². The second-order valence-electron chi connectivity index (χ2n) is 17.9. The van der Waals surface area contributed by atoms with E-state index in [9.17, 15) is 31.1 Å². The van der Waals surface area contributed by atoms with E-state index in [-0.39, 0.29) is 30.6 Å². The third-order valence-electron chi connectivity index (χ3n) is 9.38. The molecule has 0 saturated carbocycles. The molecule has 63 heavy (non-hydrogen) atoms. The molecule has 0 bridgehead atoms. The number of hydrogen-bond acceptors (Lipinski definition) is 9. The van der Waals surface area contributed by atoms with Gasteiger partial charge in [-0.15, -0.1) is 0 Å². The van der Waals surface area contributed by atoms with E-state index in [1.54, 1.807) is 77.2 Å². The van der Waals surface area contributed by atoms with Gasteiger partial charge in [0.2, 0.25) is 0 Å². The lowest BCUT2D eigenvalue weighted by Crippen LogP contribution is -2.52. The van der Waals surface area contributed by atoms with E-state index in [2.05, 4.69) is 25.5 Å². The van der Waals surface area contributed by atoms with Gasteiger partial charge >= 0.3 is 18.4 Å². The molecule has 3 N–H and O–H groups in total. The van der Waals surface area contributed by atoms with Crippen LogP contribution >= 0.6 is 0 Å². The highest BCUT2D eigenvalue weighted by atomic mass is 19.4. The summed E-state index contributed by atoms with van der Waals surface area (Å²) >= 11 is 0. The van der Waals surface area contributed by atoms with Crippen LogP contribution in [0.1, 0.15) is 86.3 Å². The monoisotopic (exact) mass is 884 g/mol. The van der Waals surface area contributed by atoms with Crippen LogP contribution in [0.2, 0.25) is 0 Å². The van der Waals surface area contributed by atoms with Crippen LogP contribution in [0.25, 0.3) is 33.8 Å². The Morgan fingerprint density at radius 1 is 0.651 bits per heavy atom. The Hall–Kier alpha value is -5.91. The van der Waals surface area contributed by atoms with Crippen LogP contribution in [0.4, 0.5) is 31.1 Å². The molecular weight excluding hydrogens is 831 g/mol. The summed E-state index contributed by atoms with van der Waals surface area (Å²) in [7, 11) is 0. The summed E-state index contributed by atoms with van der Waals surface area (Å²) in [6, 6.07) is 14.4. The molecule has 4 aromatic heterocycles. The smallest absolute Gasteiger partial charge is 0.419 e. The molecule has 4 heterocycles. The zero-order valence-electron chi connectivity index (χ0n) is 36.7. The zero-order valence-corrected chi connectivity index (χ0v) is 36.7. The van der Waals surface area contributed by atoms with Gasteiger partial charge in [0.25, 0.3) is 0 Å². The van der Waals surface area contributed by atoms with E-state index in [0.29, 0.717) is 52.6 Å². The molecule has 0 fully saturated rings. The number of rotatable bonds is 13. The van der Waals surface area contributed by atoms with Crippen molar-refractivity contribution >= 4 is 17.4 Å². The molecule has 12 nitrogen and oxygen atoms in total. The van der Waals surface area contributed by atoms with Gasteiger partial charge in [0.15, 0.2) is 11.3 Å². The number of fused-ring (bicyclic) bond motifs is 2. The zero-order chi connectivity index (χ0) is 46.5. The highest BCUT2D eigenvalue weighted by molar-refractivity contribution is 5.69. The van der Waals surface area contributed by atoms with Crippen molar-refractivity contribution in [1.82, 2.24) is 34.5 Å². The predicted molar refractivity (Wildman–Crippen MR) is 227 cm³/mol. The van der Waals surface area contributed by atoms with Crippen molar-refractivity contribution in [2.24, 2.45) is 17.6 Å². The molecule has 0 aliphatic carbocycles. The molecular formula is C45H54F6N8O4. The molecule has 0 radical (unpaired) electrons. The minimum atomic E-state index is -4.66. The van der Waals surface area contributed by atoms with Crippen molar-refractivity contribution in [2.75, 3.05) is 13.2 Å². The Morgan fingerprint density at radius 2 is 1.10 bits per heavy atom. The van der Waals surface area contributed by atoms with Crippen molar-refractivity contribution in [3.8, 4) is 34.0 Å². The number of carbonyl (C=O) groups is 1. The summed E-state index contributed by atoms with van der Waals surface area (Å²) in [5.41, 5.74) is 4.76. The van der Waals surface area contributed by atoms with E-state index in [4.69, 9.17) is 19.9 Å². The molecule has 0 aliphatic rings. The molecule has 2 atom stereocenters. The Kier molecular flexibility index (Phi) is 14.4. The lowest BCUT2D eigenvalue weighted by atomic mass is 9.91. The summed E-state index contributed by atoms with van der Waals surface area (Å²) < 4.78 is 103. The van der Waals surface area contributed by atoms with Crippen molar-refractivity contribution in [2.45, 2.75) is 104 Å². The number of nitrogens with zero attached hydrogens (tertiary/aromatic N) is 6. The highest BCUT2D eigenvalue weighted by Crippen LogP contribution is 2.41. The Morgan fingerprint density at radius 3 is 1.51 bits per heavy atom. The molecule has 0 spiro atoms. The Labute approximate surface area is 362 Å². The van der Waals surface area contributed by atoms with E-state index in [1.807, 2.05) is 27.7 Å². The molecule has 6 rings (SSSR count). The largest absolute Gasteiger partial charge is 0.491 e. The van der Waals surface area contributed by atoms with Crippen LogP contribution in [-0.2, 0) is 17.1 Å².